The lowest BCUT2D eigenvalue weighted by Gasteiger charge is -2.33. The molecule has 3 nitrogen and oxygen atoms in total. The van der Waals surface area contributed by atoms with Crippen molar-refractivity contribution in [2.24, 2.45) is 11.8 Å². The summed E-state index contributed by atoms with van der Waals surface area (Å²) in [6.45, 7) is 7.92. The first-order chi connectivity index (χ1) is 9.37. The molecule has 1 saturated heterocycles. The van der Waals surface area contributed by atoms with E-state index in [0.717, 1.165) is 32.6 Å². The molecule has 120 valence electrons. The van der Waals surface area contributed by atoms with Crippen LogP contribution in [0.25, 0.3) is 0 Å². The van der Waals surface area contributed by atoms with Gasteiger partial charge in [-0.2, -0.15) is 13.2 Å². The van der Waals surface area contributed by atoms with E-state index < -0.39 is 12.8 Å². The summed E-state index contributed by atoms with van der Waals surface area (Å²) in [6.07, 6.45) is -1.90. The lowest BCUT2D eigenvalue weighted by molar-refractivity contribution is -0.174. The van der Waals surface area contributed by atoms with Gasteiger partial charge >= 0.3 is 6.18 Å². The van der Waals surface area contributed by atoms with Gasteiger partial charge in [-0.05, 0) is 44.3 Å². The van der Waals surface area contributed by atoms with Crippen molar-refractivity contribution in [1.29, 1.82) is 0 Å². The van der Waals surface area contributed by atoms with E-state index in [0.29, 0.717) is 18.4 Å². The Labute approximate surface area is 119 Å². The summed E-state index contributed by atoms with van der Waals surface area (Å²) in [5.74, 6) is 1.25. The number of hydrogen-bond donors (Lipinski definition) is 1. The summed E-state index contributed by atoms with van der Waals surface area (Å²) in [5.41, 5.74) is 0. The molecule has 0 saturated carbocycles. The smallest absolute Gasteiger partial charge is 0.371 e. The van der Waals surface area contributed by atoms with Crippen molar-refractivity contribution in [3.8, 4) is 0 Å². The van der Waals surface area contributed by atoms with Crippen LogP contribution in [0.4, 0.5) is 13.2 Å². The number of halogens is 3. The number of alkyl halides is 3. The number of nitrogens with zero attached hydrogens (tertiary/aromatic N) is 1. The Morgan fingerprint density at radius 1 is 1.35 bits per heavy atom. The van der Waals surface area contributed by atoms with E-state index in [1.54, 1.807) is 0 Å². The molecule has 1 aliphatic rings. The molecule has 0 radical (unpaired) electrons. The fourth-order valence-corrected chi connectivity index (χ4v) is 2.48. The third kappa shape index (κ3) is 8.76. The first-order valence-corrected chi connectivity index (χ1v) is 7.44. The molecule has 1 fully saturated rings. The Balaban J connectivity index is 2.11. The fraction of sp³-hybridized carbons (Fsp3) is 1.00. The molecular formula is C14H27F3N2O. The predicted molar refractivity (Wildman–Crippen MR) is 73.7 cm³/mol. The highest BCUT2D eigenvalue weighted by Gasteiger charge is 2.27. The van der Waals surface area contributed by atoms with Crippen molar-refractivity contribution in [2.75, 3.05) is 45.9 Å². The summed E-state index contributed by atoms with van der Waals surface area (Å²) in [6, 6.07) is 0. The zero-order valence-corrected chi connectivity index (χ0v) is 12.5. The van der Waals surface area contributed by atoms with Crippen molar-refractivity contribution >= 4 is 0 Å². The topological polar surface area (TPSA) is 24.5 Å². The van der Waals surface area contributed by atoms with Crippen LogP contribution in [0.15, 0.2) is 0 Å². The van der Waals surface area contributed by atoms with Crippen LogP contribution in [-0.4, -0.2) is 57.0 Å². The van der Waals surface area contributed by atoms with E-state index in [4.69, 9.17) is 0 Å². The van der Waals surface area contributed by atoms with E-state index in [1.807, 2.05) is 0 Å². The third-order valence-corrected chi connectivity index (χ3v) is 3.41. The highest BCUT2D eigenvalue weighted by Crippen LogP contribution is 2.16. The second-order valence-electron chi connectivity index (χ2n) is 6.03. The van der Waals surface area contributed by atoms with Gasteiger partial charge in [-0.3, -0.25) is 0 Å². The molecule has 0 aromatic rings. The lowest BCUT2D eigenvalue weighted by atomic mass is 9.98. The first kappa shape index (κ1) is 17.7. The lowest BCUT2D eigenvalue weighted by Crippen LogP contribution is -2.41. The van der Waals surface area contributed by atoms with E-state index in [-0.39, 0.29) is 6.61 Å². The van der Waals surface area contributed by atoms with Gasteiger partial charge in [0.05, 0.1) is 6.61 Å². The second-order valence-corrected chi connectivity index (χ2v) is 6.03. The average Bonchev–Trinajstić information content (AvgIpc) is 2.34. The maximum Gasteiger partial charge on any atom is 0.411 e. The predicted octanol–water partition coefficient (Wildman–Crippen LogP) is 2.52. The van der Waals surface area contributed by atoms with Gasteiger partial charge in [0.25, 0.3) is 0 Å². The molecule has 0 aliphatic carbocycles. The largest absolute Gasteiger partial charge is 0.411 e. The standard InChI is InChI=1S/C14H27F3N2O/c1-12(2)8-18-9-13-4-3-5-19(10-13)6-7-20-11-14(15,16)17/h12-13,18H,3-11H2,1-2H3. The van der Waals surface area contributed by atoms with Crippen molar-refractivity contribution in [3.05, 3.63) is 0 Å². The van der Waals surface area contributed by atoms with Gasteiger partial charge in [-0.1, -0.05) is 13.8 Å². The quantitative estimate of drug-likeness (QED) is 0.697. The first-order valence-electron chi connectivity index (χ1n) is 7.44. The van der Waals surface area contributed by atoms with Crippen molar-refractivity contribution < 1.29 is 17.9 Å². The van der Waals surface area contributed by atoms with Crippen LogP contribution in [0.2, 0.25) is 0 Å². The van der Waals surface area contributed by atoms with Gasteiger partial charge in [0, 0.05) is 13.1 Å². The number of hydrogen-bond acceptors (Lipinski definition) is 3. The van der Waals surface area contributed by atoms with E-state index in [9.17, 15) is 13.2 Å². The number of rotatable bonds is 8. The zero-order chi connectivity index (χ0) is 15.0. The van der Waals surface area contributed by atoms with Crippen molar-refractivity contribution in [3.63, 3.8) is 0 Å². The maximum absolute atomic E-state index is 11.9. The van der Waals surface area contributed by atoms with Crippen molar-refractivity contribution in [2.45, 2.75) is 32.9 Å². The number of likely N-dealkylation sites (tertiary alicyclic amines) is 1. The Morgan fingerprint density at radius 2 is 2.10 bits per heavy atom. The molecular weight excluding hydrogens is 269 g/mol. The molecule has 1 atom stereocenters. The average molecular weight is 296 g/mol. The van der Waals surface area contributed by atoms with Gasteiger partial charge in [-0.25, -0.2) is 0 Å². The van der Waals surface area contributed by atoms with Crippen LogP contribution in [0.5, 0.6) is 0 Å². The van der Waals surface area contributed by atoms with Gasteiger partial charge in [-0.15, -0.1) is 0 Å². The molecule has 20 heavy (non-hydrogen) atoms. The zero-order valence-electron chi connectivity index (χ0n) is 12.5. The Hall–Kier alpha value is -0.330. The van der Waals surface area contributed by atoms with Crippen LogP contribution in [0, 0.1) is 11.8 Å². The highest BCUT2D eigenvalue weighted by molar-refractivity contribution is 4.74. The molecule has 1 aliphatic heterocycles. The molecule has 0 aromatic carbocycles. The molecule has 0 amide bonds. The molecule has 1 rings (SSSR count). The number of nitrogens with one attached hydrogen (secondary N) is 1. The van der Waals surface area contributed by atoms with Crippen LogP contribution in [0.3, 0.4) is 0 Å². The molecule has 0 aromatic heterocycles. The van der Waals surface area contributed by atoms with E-state index >= 15 is 0 Å². The van der Waals surface area contributed by atoms with Crippen LogP contribution >= 0.6 is 0 Å². The summed E-state index contributed by atoms with van der Waals surface area (Å²) in [5, 5.41) is 3.46. The van der Waals surface area contributed by atoms with Crippen molar-refractivity contribution in [1.82, 2.24) is 10.2 Å². The Kier molecular flexibility index (Phi) is 7.84. The van der Waals surface area contributed by atoms with Gasteiger partial charge in [0.2, 0.25) is 0 Å². The van der Waals surface area contributed by atoms with Gasteiger partial charge < -0.3 is 15.0 Å². The molecule has 1 N–H and O–H groups in total. The fourth-order valence-electron chi connectivity index (χ4n) is 2.48. The Morgan fingerprint density at radius 3 is 2.75 bits per heavy atom. The second kappa shape index (κ2) is 8.85. The molecule has 1 unspecified atom stereocenters. The van der Waals surface area contributed by atoms with E-state index in [1.165, 1.54) is 6.42 Å². The van der Waals surface area contributed by atoms with Gasteiger partial charge in [0.15, 0.2) is 0 Å². The minimum atomic E-state index is -4.22. The van der Waals surface area contributed by atoms with Crippen LogP contribution in [0.1, 0.15) is 26.7 Å². The SMILES string of the molecule is CC(C)CNCC1CCCN(CCOCC(F)(F)F)C1. The third-order valence-electron chi connectivity index (χ3n) is 3.41. The molecule has 0 spiro atoms. The minimum Gasteiger partial charge on any atom is -0.371 e. The highest BCUT2D eigenvalue weighted by atomic mass is 19.4. The number of piperidine rings is 1. The number of ether oxygens (including phenoxy) is 1. The molecule has 0 bridgehead atoms. The maximum atomic E-state index is 11.9. The molecule has 6 heteroatoms. The normalized spacial score (nSPS) is 21.6. The summed E-state index contributed by atoms with van der Waals surface area (Å²) >= 11 is 0. The summed E-state index contributed by atoms with van der Waals surface area (Å²) < 4.78 is 40.5. The van der Waals surface area contributed by atoms with Gasteiger partial charge in [0.1, 0.15) is 6.61 Å². The summed E-state index contributed by atoms with van der Waals surface area (Å²) in [7, 11) is 0. The van der Waals surface area contributed by atoms with Crippen LogP contribution in [-0.2, 0) is 4.74 Å². The monoisotopic (exact) mass is 296 g/mol. The Bertz CT molecular complexity index is 259. The van der Waals surface area contributed by atoms with E-state index in [2.05, 4.69) is 28.8 Å². The van der Waals surface area contributed by atoms with Crippen LogP contribution < -0.4 is 5.32 Å². The minimum absolute atomic E-state index is 0.158. The molecule has 1 heterocycles. The summed E-state index contributed by atoms with van der Waals surface area (Å²) in [4.78, 5) is 2.21.